The van der Waals surface area contributed by atoms with E-state index in [0.717, 1.165) is 11.3 Å². The maximum atomic E-state index is 12.6. The minimum Gasteiger partial charge on any atom is -0.497 e. The number of carbonyl (C=O) groups is 2. The van der Waals surface area contributed by atoms with Gasteiger partial charge in [0.25, 0.3) is 5.91 Å². The summed E-state index contributed by atoms with van der Waals surface area (Å²) in [5.74, 6) is 0.364. The second kappa shape index (κ2) is 7.77. The van der Waals surface area contributed by atoms with Gasteiger partial charge in [-0.25, -0.2) is 0 Å². The molecule has 25 heavy (non-hydrogen) atoms. The van der Waals surface area contributed by atoms with Crippen LogP contribution in [0.1, 0.15) is 31.2 Å². The number of hydrogen-bond acceptors (Lipinski definition) is 4. The van der Waals surface area contributed by atoms with Crippen molar-refractivity contribution in [3.05, 3.63) is 87.6 Å². The molecule has 3 rings (SSSR count). The Bertz CT molecular complexity index is 870. The van der Waals surface area contributed by atoms with Gasteiger partial charge in [-0.15, -0.1) is 11.3 Å². The second-order valence-corrected chi connectivity index (χ2v) is 6.33. The number of ketones is 1. The molecule has 1 aromatic heterocycles. The number of thiophene rings is 1. The quantitative estimate of drug-likeness (QED) is 0.685. The maximum Gasteiger partial charge on any atom is 0.252 e. The van der Waals surface area contributed by atoms with E-state index in [4.69, 9.17) is 4.74 Å². The van der Waals surface area contributed by atoms with Gasteiger partial charge in [0.2, 0.25) is 5.78 Å². The average Bonchev–Trinajstić information content (AvgIpc) is 3.20. The van der Waals surface area contributed by atoms with Crippen molar-refractivity contribution < 1.29 is 14.3 Å². The van der Waals surface area contributed by atoms with Crippen molar-refractivity contribution in [3.63, 3.8) is 0 Å². The fourth-order valence-electron chi connectivity index (χ4n) is 2.44. The summed E-state index contributed by atoms with van der Waals surface area (Å²) in [5, 5.41) is 4.71. The first-order valence-corrected chi connectivity index (χ1v) is 8.65. The summed E-state index contributed by atoms with van der Waals surface area (Å²) in [5.41, 5.74) is 1.75. The van der Waals surface area contributed by atoms with Gasteiger partial charge in [0.1, 0.15) is 5.75 Å². The van der Waals surface area contributed by atoms with Crippen LogP contribution in [0, 0.1) is 0 Å². The molecule has 4 nitrogen and oxygen atoms in total. The lowest BCUT2D eigenvalue weighted by molar-refractivity contribution is 0.0940. The molecule has 126 valence electrons. The molecule has 1 N–H and O–H groups in total. The zero-order valence-corrected chi connectivity index (χ0v) is 14.5. The van der Waals surface area contributed by atoms with Crippen LogP contribution in [-0.4, -0.2) is 18.8 Å². The van der Waals surface area contributed by atoms with Crippen LogP contribution >= 0.6 is 11.3 Å². The highest BCUT2D eigenvalue weighted by Gasteiger charge is 2.18. The van der Waals surface area contributed by atoms with Crippen LogP contribution in [0.15, 0.2) is 66.0 Å². The Morgan fingerprint density at radius 2 is 1.68 bits per heavy atom. The Balaban J connectivity index is 1.74. The van der Waals surface area contributed by atoms with Gasteiger partial charge in [0.05, 0.1) is 17.6 Å². The molecule has 0 aliphatic rings. The van der Waals surface area contributed by atoms with E-state index in [9.17, 15) is 9.59 Å². The molecule has 0 atom stereocenters. The van der Waals surface area contributed by atoms with Gasteiger partial charge in [-0.05, 0) is 35.2 Å². The molecule has 0 aliphatic heterocycles. The molecule has 1 amide bonds. The number of rotatable bonds is 6. The molecule has 3 aromatic rings. The number of nitrogens with one attached hydrogen (secondary N) is 1. The van der Waals surface area contributed by atoms with Crippen molar-refractivity contribution in [1.29, 1.82) is 0 Å². The molecule has 0 bridgehead atoms. The van der Waals surface area contributed by atoms with Crippen molar-refractivity contribution in [1.82, 2.24) is 5.32 Å². The Kier molecular flexibility index (Phi) is 5.26. The lowest BCUT2D eigenvalue weighted by Crippen LogP contribution is -2.25. The normalized spacial score (nSPS) is 10.3. The van der Waals surface area contributed by atoms with E-state index in [0.29, 0.717) is 22.5 Å². The molecule has 1 heterocycles. The average molecular weight is 351 g/mol. The summed E-state index contributed by atoms with van der Waals surface area (Å²) >= 11 is 1.37. The van der Waals surface area contributed by atoms with Crippen LogP contribution < -0.4 is 10.1 Å². The molecule has 0 saturated carbocycles. The zero-order valence-electron chi connectivity index (χ0n) is 13.7. The van der Waals surface area contributed by atoms with Crippen LogP contribution in [0.3, 0.4) is 0 Å². The van der Waals surface area contributed by atoms with E-state index in [-0.39, 0.29) is 11.7 Å². The van der Waals surface area contributed by atoms with Gasteiger partial charge in [-0.2, -0.15) is 0 Å². The first-order chi connectivity index (χ1) is 12.2. The van der Waals surface area contributed by atoms with Gasteiger partial charge in [0.15, 0.2) is 0 Å². The largest absolute Gasteiger partial charge is 0.497 e. The first-order valence-electron chi connectivity index (χ1n) is 7.77. The molecule has 0 saturated heterocycles. The third-order valence-electron chi connectivity index (χ3n) is 3.77. The number of amides is 1. The summed E-state index contributed by atoms with van der Waals surface area (Å²) in [6, 6.07) is 17.9. The third-order valence-corrected chi connectivity index (χ3v) is 4.64. The van der Waals surface area contributed by atoms with E-state index < -0.39 is 0 Å². The van der Waals surface area contributed by atoms with Crippen molar-refractivity contribution in [2.75, 3.05) is 7.11 Å². The monoisotopic (exact) mass is 351 g/mol. The van der Waals surface area contributed by atoms with E-state index in [1.54, 1.807) is 37.4 Å². The molecule has 5 heteroatoms. The second-order valence-electron chi connectivity index (χ2n) is 5.38. The van der Waals surface area contributed by atoms with Crippen molar-refractivity contribution in [3.8, 4) is 5.75 Å². The lowest BCUT2D eigenvalue weighted by atomic mass is 10.0. The van der Waals surface area contributed by atoms with Gasteiger partial charge < -0.3 is 10.1 Å². The Morgan fingerprint density at radius 3 is 2.32 bits per heavy atom. The van der Waals surface area contributed by atoms with Gasteiger partial charge in [-0.1, -0.05) is 36.4 Å². The molecule has 0 spiro atoms. The van der Waals surface area contributed by atoms with Crippen molar-refractivity contribution in [2.24, 2.45) is 0 Å². The molecule has 0 radical (unpaired) electrons. The Labute approximate surface area is 150 Å². The number of hydrogen-bond donors (Lipinski definition) is 1. The summed E-state index contributed by atoms with van der Waals surface area (Å²) < 4.78 is 5.12. The van der Waals surface area contributed by atoms with Crippen LogP contribution in [0.5, 0.6) is 5.75 Å². The van der Waals surface area contributed by atoms with Crippen LogP contribution in [0.25, 0.3) is 0 Å². The van der Waals surface area contributed by atoms with Crippen molar-refractivity contribution >= 4 is 23.0 Å². The van der Waals surface area contributed by atoms with E-state index >= 15 is 0 Å². The predicted octanol–water partition coefficient (Wildman–Crippen LogP) is 3.92. The summed E-state index contributed by atoms with van der Waals surface area (Å²) in [6.45, 7) is 0.379. The van der Waals surface area contributed by atoms with Crippen LogP contribution in [-0.2, 0) is 6.54 Å². The fraction of sp³-hybridized carbons (Fsp3) is 0.100. The fourth-order valence-corrected chi connectivity index (χ4v) is 3.12. The lowest BCUT2D eigenvalue weighted by Gasteiger charge is -2.09. The van der Waals surface area contributed by atoms with Gasteiger partial charge in [-0.3, -0.25) is 9.59 Å². The number of methoxy groups -OCH3 is 1. The molecule has 0 aliphatic carbocycles. The SMILES string of the molecule is COc1ccc(CNC(=O)c2ccccc2C(=O)c2cccs2)cc1. The first kappa shape index (κ1) is 16.9. The van der Waals surface area contributed by atoms with E-state index in [1.165, 1.54) is 11.3 Å². The Morgan fingerprint density at radius 1 is 0.960 bits per heavy atom. The number of benzene rings is 2. The summed E-state index contributed by atoms with van der Waals surface area (Å²) in [6.07, 6.45) is 0. The highest BCUT2D eigenvalue weighted by atomic mass is 32.1. The van der Waals surface area contributed by atoms with Gasteiger partial charge in [0, 0.05) is 12.1 Å². The van der Waals surface area contributed by atoms with E-state index in [2.05, 4.69) is 5.32 Å². The van der Waals surface area contributed by atoms with Crippen LogP contribution in [0.2, 0.25) is 0 Å². The van der Waals surface area contributed by atoms with Crippen molar-refractivity contribution in [2.45, 2.75) is 6.54 Å². The molecule has 2 aromatic carbocycles. The minimum absolute atomic E-state index is 0.134. The standard InChI is InChI=1S/C20H17NO3S/c1-24-15-10-8-14(9-11-15)13-21-20(23)17-6-3-2-5-16(17)19(22)18-7-4-12-25-18/h2-12H,13H2,1H3,(H,21,23). The topological polar surface area (TPSA) is 55.4 Å². The molecule has 0 unspecified atom stereocenters. The summed E-state index contributed by atoms with van der Waals surface area (Å²) in [7, 11) is 1.61. The van der Waals surface area contributed by atoms with E-state index in [1.807, 2.05) is 35.7 Å². The predicted molar refractivity (Wildman–Crippen MR) is 98.4 cm³/mol. The highest BCUT2D eigenvalue weighted by molar-refractivity contribution is 7.12. The molecule has 0 fully saturated rings. The summed E-state index contributed by atoms with van der Waals surface area (Å²) in [4.78, 5) is 25.8. The third kappa shape index (κ3) is 3.95. The van der Waals surface area contributed by atoms with Gasteiger partial charge >= 0.3 is 0 Å². The minimum atomic E-state index is -0.267. The Hall–Kier alpha value is -2.92. The smallest absolute Gasteiger partial charge is 0.252 e. The van der Waals surface area contributed by atoms with Crippen LogP contribution in [0.4, 0.5) is 0 Å². The highest BCUT2D eigenvalue weighted by Crippen LogP contribution is 2.18. The number of carbonyl (C=O) groups excluding carboxylic acids is 2. The number of ether oxygens (including phenoxy) is 1. The maximum absolute atomic E-state index is 12.6. The molecular formula is C20H17NO3S. The zero-order chi connectivity index (χ0) is 17.6. The molecular weight excluding hydrogens is 334 g/mol.